The fourth-order valence-electron chi connectivity index (χ4n) is 1.48. The third-order valence-corrected chi connectivity index (χ3v) is 5.33. The van der Waals surface area contributed by atoms with E-state index in [0.29, 0.717) is 7.92 Å². The highest BCUT2D eigenvalue weighted by Crippen LogP contribution is 2.38. The zero-order valence-electron chi connectivity index (χ0n) is 12.1. The quantitative estimate of drug-likeness (QED) is 0.329. The first-order valence-electron chi connectivity index (χ1n) is 7.08. The van der Waals surface area contributed by atoms with E-state index in [2.05, 4.69) is 20.8 Å². The van der Waals surface area contributed by atoms with Gasteiger partial charge in [0.15, 0.2) is 0 Å². The molecule has 0 radical (unpaired) electrons. The van der Waals surface area contributed by atoms with Crippen LogP contribution in [0.3, 0.4) is 0 Å². The summed E-state index contributed by atoms with van der Waals surface area (Å²) in [6, 6.07) is 0. The third kappa shape index (κ3) is 22.6. The molecule has 0 amide bonds. The molecule has 0 bridgehead atoms. The number of rotatable bonds is 9. The van der Waals surface area contributed by atoms with Crippen LogP contribution in [0.25, 0.3) is 0 Å². The van der Waals surface area contributed by atoms with Crippen molar-refractivity contribution in [2.24, 2.45) is 0 Å². The zero-order chi connectivity index (χ0) is 13.5. The van der Waals surface area contributed by atoms with E-state index < -0.39 is 0 Å². The summed E-state index contributed by atoms with van der Waals surface area (Å²) in [4.78, 5) is -0.222. The molecule has 0 spiro atoms. The van der Waals surface area contributed by atoms with E-state index in [-0.39, 0.29) is 4.84 Å². The lowest BCUT2D eigenvalue weighted by molar-refractivity contribution is 0.847. The normalized spacial score (nSPS) is 10.6. The standard InChI is InChI=1S/C12H27P.C2H4Cl2/c1-4-7-10-13(11-8-5-2)12-9-6-3;1-2(3)4/h4-12H2,1-3H3;2H,1H3. The predicted molar refractivity (Wildman–Crippen MR) is 87.4 cm³/mol. The van der Waals surface area contributed by atoms with Gasteiger partial charge < -0.3 is 0 Å². The summed E-state index contributed by atoms with van der Waals surface area (Å²) in [5.41, 5.74) is 0. The van der Waals surface area contributed by atoms with Crippen LogP contribution >= 0.6 is 31.1 Å². The van der Waals surface area contributed by atoms with Crippen molar-refractivity contribution >= 4 is 31.1 Å². The van der Waals surface area contributed by atoms with Crippen LogP contribution in [0.15, 0.2) is 0 Å². The predicted octanol–water partition coefficient (Wildman–Crippen LogP) is 6.68. The van der Waals surface area contributed by atoms with Crippen molar-refractivity contribution in [2.45, 2.75) is 71.1 Å². The van der Waals surface area contributed by atoms with E-state index >= 15 is 0 Å². The molecule has 0 aromatic carbocycles. The zero-order valence-corrected chi connectivity index (χ0v) is 14.6. The van der Waals surface area contributed by atoms with Crippen molar-refractivity contribution in [2.75, 3.05) is 18.5 Å². The topological polar surface area (TPSA) is 0 Å². The second-order valence-electron chi connectivity index (χ2n) is 4.42. The first-order chi connectivity index (χ1) is 8.08. The molecule has 0 aliphatic carbocycles. The minimum atomic E-state index is -0.222. The Kier molecular flexibility index (Phi) is 20.3. The van der Waals surface area contributed by atoms with Gasteiger partial charge in [-0.2, -0.15) is 0 Å². The summed E-state index contributed by atoms with van der Waals surface area (Å²) in [7, 11) is 0.422. The molecule has 0 N–H and O–H groups in total. The Hall–Kier alpha value is 1.01. The molecule has 0 aromatic rings. The van der Waals surface area contributed by atoms with Crippen molar-refractivity contribution in [1.82, 2.24) is 0 Å². The van der Waals surface area contributed by atoms with Gasteiger partial charge >= 0.3 is 0 Å². The van der Waals surface area contributed by atoms with Crippen molar-refractivity contribution in [3.05, 3.63) is 0 Å². The second kappa shape index (κ2) is 17.0. The molecule has 0 aliphatic heterocycles. The van der Waals surface area contributed by atoms with Crippen LogP contribution in [0.4, 0.5) is 0 Å². The molecular weight excluding hydrogens is 270 g/mol. The highest BCUT2D eigenvalue weighted by atomic mass is 35.5. The van der Waals surface area contributed by atoms with Gasteiger partial charge in [-0.25, -0.2) is 0 Å². The smallest absolute Gasteiger partial charge is 0.105 e. The Balaban J connectivity index is 0. The van der Waals surface area contributed by atoms with Gasteiger partial charge in [0.1, 0.15) is 4.84 Å². The molecule has 0 aromatic heterocycles. The molecule has 17 heavy (non-hydrogen) atoms. The molecule has 0 atom stereocenters. The minimum absolute atomic E-state index is 0.222. The molecule has 0 rings (SSSR count). The monoisotopic (exact) mass is 300 g/mol. The number of hydrogen-bond acceptors (Lipinski definition) is 0. The van der Waals surface area contributed by atoms with Crippen LogP contribution in [0.2, 0.25) is 0 Å². The maximum atomic E-state index is 5.04. The minimum Gasteiger partial charge on any atom is -0.107 e. The Bertz CT molecular complexity index is 108. The van der Waals surface area contributed by atoms with Crippen LogP contribution in [-0.2, 0) is 0 Å². The maximum absolute atomic E-state index is 5.04. The summed E-state index contributed by atoms with van der Waals surface area (Å²) < 4.78 is 0. The van der Waals surface area contributed by atoms with Crippen LogP contribution in [0.5, 0.6) is 0 Å². The number of alkyl halides is 2. The molecule has 0 saturated carbocycles. The highest BCUT2D eigenvalue weighted by molar-refractivity contribution is 7.57. The van der Waals surface area contributed by atoms with E-state index in [1.807, 2.05) is 0 Å². The molecule has 0 aliphatic rings. The second-order valence-corrected chi connectivity index (χ2v) is 8.64. The van der Waals surface area contributed by atoms with Crippen molar-refractivity contribution in [3.63, 3.8) is 0 Å². The molecule has 0 heterocycles. The third-order valence-electron chi connectivity index (χ3n) is 2.48. The molecule has 0 nitrogen and oxygen atoms in total. The van der Waals surface area contributed by atoms with Crippen LogP contribution in [0.1, 0.15) is 66.2 Å². The van der Waals surface area contributed by atoms with Crippen LogP contribution in [-0.4, -0.2) is 23.3 Å². The van der Waals surface area contributed by atoms with Gasteiger partial charge in [0, 0.05) is 0 Å². The maximum Gasteiger partial charge on any atom is 0.105 e. The van der Waals surface area contributed by atoms with E-state index in [9.17, 15) is 0 Å². The fraction of sp³-hybridized carbons (Fsp3) is 1.00. The van der Waals surface area contributed by atoms with Gasteiger partial charge in [-0.05, 0) is 44.7 Å². The molecule has 106 valence electrons. The van der Waals surface area contributed by atoms with Gasteiger partial charge in [-0.1, -0.05) is 40.0 Å². The number of unbranched alkanes of at least 4 members (excludes halogenated alkanes) is 3. The Labute approximate surface area is 121 Å². The van der Waals surface area contributed by atoms with Crippen LogP contribution < -0.4 is 0 Å². The lowest BCUT2D eigenvalue weighted by atomic mass is 10.4. The first-order valence-corrected chi connectivity index (χ1v) is 9.85. The van der Waals surface area contributed by atoms with E-state index in [4.69, 9.17) is 23.2 Å². The van der Waals surface area contributed by atoms with Gasteiger partial charge in [0.25, 0.3) is 0 Å². The van der Waals surface area contributed by atoms with E-state index in [1.165, 1.54) is 38.5 Å². The fourth-order valence-corrected chi connectivity index (χ4v) is 4.44. The largest absolute Gasteiger partial charge is 0.107 e. The summed E-state index contributed by atoms with van der Waals surface area (Å²) in [6.45, 7) is 8.64. The Morgan fingerprint density at radius 1 is 0.765 bits per heavy atom. The van der Waals surface area contributed by atoms with Gasteiger partial charge in [-0.15, -0.1) is 31.1 Å². The van der Waals surface area contributed by atoms with E-state index in [0.717, 1.165) is 0 Å². The molecule has 0 saturated heterocycles. The van der Waals surface area contributed by atoms with Crippen molar-refractivity contribution < 1.29 is 0 Å². The van der Waals surface area contributed by atoms with Gasteiger partial charge in [0.05, 0.1) is 0 Å². The summed E-state index contributed by atoms with van der Waals surface area (Å²) in [5, 5.41) is 0. The van der Waals surface area contributed by atoms with Crippen molar-refractivity contribution in [3.8, 4) is 0 Å². The first kappa shape index (κ1) is 20.3. The lowest BCUT2D eigenvalue weighted by Crippen LogP contribution is -1.95. The molecular formula is C14H31Cl2P. The van der Waals surface area contributed by atoms with Crippen molar-refractivity contribution in [1.29, 1.82) is 0 Å². The SMILES string of the molecule is CC(Cl)Cl.CCCCP(CCCC)CCCC. The Morgan fingerprint density at radius 3 is 1.18 bits per heavy atom. The number of halogens is 2. The summed E-state index contributed by atoms with van der Waals surface area (Å²) in [6.07, 6.45) is 13.2. The number of hydrogen-bond donors (Lipinski definition) is 0. The summed E-state index contributed by atoms with van der Waals surface area (Å²) >= 11 is 10.1. The van der Waals surface area contributed by atoms with Gasteiger partial charge in [0.2, 0.25) is 0 Å². The highest BCUT2D eigenvalue weighted by Gasteiger charge is 2.05. The van der Waals surface area contributed by atoms with Crippen LogP contribution in [0, 0.1) is 0 Å². The van der Waals surface area contributed by atoms with Gasteiger partial charge in [-0.3, -0.25) is 0 Å². The van der Waals surface area contributed by atoms with E-state index in [1.54, 1.807) is 25.4 Å². The summed E-state index contributed by atoms with van der Waals surface area (Å²) in [5.74, 6) is 0. The Morgan fingerprint density at radius 2 is 1.00 bits per heavy atom. The molecule has 0 unspecified atom stereocenters. The average molecular weight is 301 g/mol. The molecule has 0 fully saturated rings. The average Bonchev–Trinajstić information content (AvgIpc) is 2.27. The molecule has 3 heteroatoms. The lowest BCUT2D eigenvalue weighted by Gasteiger charge is -2.16.